The molecule has 0 bridgehead atoms. The summed E-state index contributed by atoms with van der Waals surface area (Å²) in [7, 11) is 0. The molecule has 2 aromatic heterocycles. The SMILES string of the molecule is Cc1ccc(C(=O)N2CCC(c3ccc(C#N)cn3)CC2)cc1NC(=O)c1ccc(N2CCC2)nc1. The number of anilines is 2. The third-order valence-corrected chi connectivity index (χ3v) is 7.04. The second kappa shape index (κ2) is 10.2. The number of piperidine rings is 1. The van der Waals surface area contributed by atoms with Crippen molar-refractivity contribution in [1.82, 2.24) is 14.9 Å². The number of amides is 2. The number of aromatic nitrogens is 2. The second-order valence-corrected chi connectivity index (χ2v) is 9.38. The monoisotopic (exact) mass is 480 g/mol. The van der Waals surface area contributed by atoms with Crippen molar-refractivity contribution >= 4 is 23.3 Å². The molecule has 1 aromatic carbocycles. The molecule has 0 saturated carbocycles. The number of nitriles is 1. The van der Waals surface area contributed by atoms with E-state index in [0.717, 1.165) is 43.0 Å². The zero-order valence-corrected chi connectivity index (χ0v) is 20.3. The Hall–Kier alpha value is -4.25. The quantitative estimate of drug-likeness (QED) is 0.589. The Morgan fingerprint density at radius 2 is 1.75 bits per heavy atom. The molecule has 3 aromatic rings. The molecule has 2 saturated heterocycles. The predicted molar refractivity (Wildman–Crippen MR) is 137 cm³/mol. The van der Waals surface area contributed by atoms with Gasteiger partial charge in [-0.2, -0.15) is 5.26 Å². The van der Waals surface area contributed by atoms with Crippen LogP contribution in [0.3, 0.4) is 0 Å². The Kier molecular flexibility index (Phi) is 6.63. The van der Waals surface area contributed by atoms with Crippen LogP contribution in [-0.4, -0.2) is 52.9 Å². The van der Waals surface area contributed by atoms with Gasteiger partial charge in [0, 0.05) is 61.4 Å². The lowest BCUT2D eigenvalue weighted by Crippen LogP contribution is -2.38. The summed E-state index contributed by atoms with van der Waals surface area (Å²) in [5.41, 5.74) is 4.05. The van der Waals surface area contributed by atoms with Crippen LogP contribution in [0.2, 0.25) is 0 Å². The number of hydrogen-bond acceptors (Lipinski definition) is 6. The van der Waals surface area contributed by atoms with Gasteiger partial charge in [0.05, 0.1) is 11.1 Å². The van der Waals surface area contributed by atoms with Gasteiger partial charge in [-0.1, -0.05) is 6.07 Å². The van der Waals surface area contributed by atoms with Gasteiger partial charge in [0.15, 0.2) is 0 Å². The number of nitrogens with zero attached hydrogens (tertiary/aromatic N) is 5. The molecule has 182 valence electrons. The third kappa shape index (κ3) is 4.91. The van der Waals surface area contributed by atoms with Crippen LogP contribution < -0.4 is 10.2 Å². The van der Waals surface area contributed by atoms with Crippen molar-refractivity contribution in [3.05, 3.63) is 82.8 Å². The fourth-order valence-electron chi connectivity index (χ4n) is 4.61. The fraction of sp³-hybridized carbons (Fsp3) is 0.321. The van der Waals surface area contributed by atoms with Crippen molar-refractivity contribution in [2.75, 3.05) is 36.4 Å². The van der Waals surface area contributed by atoms with Crippen molar-refractivity contribution < 1.29 is 9.59 Å². The maximum atomic E-state index is 13.2. The number of carbonyl (C=O) groups is 2. The first-order chi connectivity index (χ1) is 17.5. The van der Waals surface area contributed by atoms with Crippen LogP contribution in [0.4, 0.5) is 11.5 Å². The molecule has 0 radical (unpaired) electrons. The Labute approximate surface area is 210 Å². The van der Waals surface area contributed by atoms with Crippen LogP contribution in [0, 0.1) is 18.3 Å². The van der Waals surface area contributed by atoms with Crippen LogP contribution in [0.5, 0.6) is 0 Å². The topological polar surface area (TPSA) is 102 Å². The number of pyridine rings is 2. The van der Waals surface area contributed by atoms with Crippen LogP contribution in [0.15, 0.2) is 54.9 Å². The van der Waals surface area contributed by atoms with Gasteiger partial charge >= 0.3 is 0 Å². The fourth-order valence-corrected chi connectivity index (χ4v) is 4.61. The van der Waals surface area contributed by atoms with E-state index in [4.69, 9.17) is 5.26 Å². The van der Waals surface area contributed by atoms with Gasteiger partial charge in [-0.3, -0.25) is 14.6 Å². The van der Waals surface area contributed by atoms with E-state index in [1.165, 1.54) is 6.42 Å². The molecular formula is C28H28N6O2. The minimum absolute atomic E-state index is 0.0442. The summed E-state index contributed by atoms with van der Waals surface area (Å²) in [5.74, 6) is 0.870. The van der Waals surface area contributed by atoms with Crippen molar-refractivity contribution in [2.45, 2.75) is 32.1 Å². The zero-order valence-electron chi connectivity index (χ0n) is 20.3. The Morgan fingerprint density at radius 3 is 2.36 bits per heavy atom. The average molecular weight is 481 g/mol. The van der Waals surface area contributed by atoms with Crippen molar-refractivity contribution in [2.24, 2.45) is 0 Å². The Bertz CT molecular complexity index is 1300. The molecule has 5 rings (SSSR count). The lowest BCUT2D eigenvalue weighted by atomic mass is 9.92. The summed E-state index contributed by atoms with van der Waals surface area (Å²) in [6.45, 7) is 5.18. The molecule has 1 N–H and O–H groups in total. The average Bonchev–Trinajstić information content (AvgIpc) is 2.89. The van der Waals surface area contributed by atoms with E-state index >= 15 is 0 Å². The lowest BCUT2D eigenvalue weighted by Gasteiger charge is -2.32. The molecule has 2 aliphatic rings. The smallest absolute Gasteiger partial charge is 0.257 e. The maximum absolute atomic E-state index is 13.2. The summed E-state index contributed by atoms with van der Waals surface area (Å²) >= 11 is 0. The zero-order chi connectivity index (χ0) is 25.1. The predicted octanol–water partition coefficient (Wildman–Crippen LogP) is 4.14. The molecule has 8 heteroatoms. The molecule has 2 fully saturated rings. The highest BCUT2D eigenvalue weighted by molar-refractivity contribution is 6.05. The number of aryl methyl sites for hydroxylation is 1. The van der Waals surface area contributed by atoms with Gasteiger partial charge in [-0.15, -0.1) is 0 Å². The molecule has 2 aliphatic heterocycles. The Balaban J connectivity index is 1.22. The normalized spacial score (nSPS) is 15.7. The largest absolute Gasteiger partial charge is 0.356 e. The lowest BCUT2D eigenvalue weighted by molar-refractivity contribution is 0.0712. The molecule has 0 atom stereocenters. The summed E-state index contributed by atoms with van der Waals surface area (Å²) < 4.78 is 0. The van der Waals surface area contributed by atoms with Gasteiger partial charge in [-0.05, 0) is 68.1 Å². The molecule has 0 spiro atoms. The van der Waals surface area contributed by atoms with E-state index in [0.29, 0.717) is 35.5 Å². The van der Waals surface area contributed by atoms with Crippen molar-refractivity contribution in [1.29, 1.82) is 5.26 Å². The highest BCUT2D eigenvalue weighted by Crippen LogP contribution is 2.28. The summed E-state index contributed by atoms with van der Waals surface area (Å²) in [5, 5.41) is 11.9. The van der Waals surface area contributed by atoms with Gasteiger partial charge in [0.2, 0.25) is 0 Å². The number of carbonyl (C=O) groups excluding carboxylic acids is 2. The van der Waals surface area contributed by atoms with E-state index in [2.05, 4.69) is 26.3 Å². The van der Waals surface area contributed by atoms with Gasteiger partial charge in [-0.25, -0.2) is 4.98 Å². The first-order valence-electron chi connectivity index (χ1n) is 12.3. The minimum atomic E-state index is -0.249. The molecule has 8 nitrogen and oxygen atoms in total. The first-order valence-corrected chi connectivity index (χ1v) is 12.3. The number of benzene rings is 1. The molecule has 36 heavy (non-hydrogen) atoms. The summed E-state index contributed by atoms with van der Waals surface area (Å²) in [6.07, 6.45) is 6.01. The summed E-state index contributed by atoms with van der Waals surface area (Å²) in [6, 6.07) is 14.9. The summed E-state index contributed by atoms with van der Waals surface area (Å²) in [4.78, 5) is 38.9. The van der Waals surface area contributed by atoms with Crippen LogP contribution in [0.1, 0.15) is 62.7 Å². The molecule has 0 unspecified atom stereocenters. The maximum Gasteiger partial charge on any atom is 0.257 e. The third-order valence-electron chi connectivity index (χ3n) is 7.04. The van der Waals surface area contributed by atoms with Crippen LogP contribution in [0.25, 0.3) is 0 Å². The van der Waals surface area contributed by atoms with E-state index in [1.54, 1.807) is 30.6 Å². The highest BCUT2D eigenvalue weighted by Gasteiger charge is 2.26. The molecule has 2 amide bonds. The van der Waals surface area contributed by atoms with Crippen LogP contribution in [-0.2, 0) is 0 Å². The minimum Gasteiger partial charge on any atom is -0.356 e. The Morgan fingerprint density at radius 1 is 0.972 bits per heavy atom. The molecular weight excluding hydrogens is 452 g/mol. The number of hydrogen-bond donors (Lipinski definition) is 1. The van der Waals surface area contributed by atoms with Gasteiger partial charge < -0.3 is 15.1 Å². The second-order valence-electron chi connectivity index (χ2n) is 9.38. The standard InChI is InChI=1S/C28H28N6O2/c1-19-3-5-22(15-25(19)32-27(35)23-6-8-26(31-18-23)33-11-2-12-33)28(36)34-13-9-21(10-14-34)24-7-4-20(16-29)17-30-24/h3-8,15,17-18,21H,2,9-14H2,1H3,(H,32,35). The van der Waals surface area contributed by atoms with E-state index in [-0.39, 0.29) is 17.7 Å². The first kappa shape index (κ1) is 23.5. The van der Waals surface area contributed by atoms with E-state index in [9.17, 15) is 9.59 Å². The van der Waals surface area contributed by atoms with Crippen molar-refractivity contribution in [3.8, 4) is 6.07 Å². The van der Waals surface area contributed by atoms with Gasteiger partial charge in [0.1, 0.15) is 11.9 Å². The number of nitrogens with one attached hydrogen (secondary N) is 1. The van der Waals surface area contributed by atoms with E-state index in [1.807, 2.05) is 36.1 Å². The molecule has 0 aliphatic carbocycles. The highest BCUT2D eigenvalue weighted by atomic mass is 16.2. The number of rotatable bonds is 5. The van der Waals surface area contributed by atoms with Crippen LogP contribution >= 0.6 is 0 Å². The number of likely N-dealkylation sites (tertiary alicyclic amines) is 1. The molecule has 4 heterocycles. The van der Waals surface area contributed by atoms with Gasteiger partial charge in [0.25, 0.3) is 11.8 Å². The van der Waals surface area contributed by atoms with E-state index < -0.39 is 0 Å². The van der Waals surface area contributed by atoms with Crippen molar-refractivity contribution in [3.63, 3.8) is 0 Å².